The Morgan fingerprint density at radius 2 is 1.70 bits per heavy atom. The number of para-hydroxylation sites is 1. The maximum atomic E-state index is 11.9. The highest BCUT2D eigenvalue weighted by Crippen LogP contribution is 2.28. The number of rotatable bonds is 2. The quantitative estimate of drug-likeness (QED) is 0.629. The SMILES string of the molecule is O=C1C(=O)N(/N=C/c2ccc(Cl)cc2)c2ccccc21. The van der Waals surface area contributed by atoms with Gasteiger partial charge in [0.05, 0.1) is 17.5 Å². The summed E-state index contributed by atoms with van der Waals surface area (Å²) in [6, 6.07) is 13.8. The van der Waals surface area contributed by atoms with Gasteiger partial charge in [-0.25, -0.2) is 0 Å². The number of benzene rings is 2. The molecule has 3 rings (SSSR count). The van der Waals surface area contributed by atoms with Crippen LogP contribution in [0.5, 0.6) is 0 Å². The summed E-state index contributed by atoms with van der Waals surface area (Å²) in [7, 11) is 0. The van der Waals surface area contributed by atoms with Crippen LogP contribution in [0.4, 0.5) is 5.69 Å². The number of ketones is 1. The number of Topliss-reactive ketones (excluding diaryl/α,β-unsaturated/α-hetero) is 1. The second-order valence-electron chi connectivity index (χ2n) is 4.26. The molecule has 0 aromatic heterocycles. The fraction of sp³-hybridized carbons (Fsp3) is 0. The molecule has 1 aliphatic heterocycles. The molecule has 0 saturated heterocycles. The van der Waals surface area contributed by atoms with E-state index in [0.717, 1.165) is 10.6 Å². The summed E-state index contributed by atoms with van der Waals surface area (Å²) in [6.07, 6.45) is 1.52. The van der Waals surface area contributed by atoms with Gasteiger partial charge in [-0.1, -0.05) is 35.9 Å². The van der Waals surface area contributed by atoms with Crippen LogP contribution < -0.4 is 5.01 Å². The Hall–Kier alpha value is -2.46. The van der Waals surface area contributed by atoms with Gasteiger partial charge in [-0.05, 0) is 29.8 Å². The number of nitrogens with zero attached hydrogens (tertiary/aromatic N) is 2. The van der Waals surface area contributed by atoms with E-state index in [4.69, 9.17) is 11.6 Å². The third-order valence-corrected chi connectivity index (χ3v) is 3.21. The van der Waals surface area contributed by atoms with E-state index >= 15 is 0 Å². The standard InChI is InChI=1S/C15H9ClN2O2/c16-11-7-5-10(6-8-11)9-17-18-13-4-2-1-3-12(13)14(19)15(18)20/h1-9H/b17-9+. The number of hydrogen-bond donors (Lipinski definition) is 0. The molecule has 0 radical (unpaired) electrons. The first-order chi connectivity index (χ1) is 9.66. The lowest BCUT2D eigenvalue weighted by molar-refractivity contribution is -0.114. The number of anilines is 1. The largest absolute Gasteiger partial charge is 0.319 e. The number of hydrogen-bond acceptors (Lipinski definition) is 3. The lowest BCUT2D eigenvalue weighted by Gasteiger charge is -2.08. The predicted octanol–water partition coefficient (Wildman–Crippen LogP) is 2.90. The van der Waals surface area contributed by atoms with Crippen molar-refractivity contribution < 1.29 is 9.59 Å². The first-order valence-electron chi connectivity index (χ1n) is 5.94. The van der Waals surface area contributed by atoms with Crippen molar-refractivity contribution in [1.82, 2.24) is 0 Å². The minimum Gasteiger partial charge on any atom is -0.283 e. The molecule has 0 N–H and O–H groups in total. The number of carbonyl (C=O) groups is 2. The molecule has 1 aliphatic rings. The van der Waals surface area contributed by atoms with Crippen molar-refractivity contribution >= 4 is 35.2 Å². The normalized spacial score (nSPS) is 14.2. The van der Waals surface area contributed by atoms with Crippen molar-refractivity contribution in [2.24, 2.45) is 5.10 Å². The van der Waals surface area contributed by atoms with E-state index in [0.29, 0.717) is 16.3 Å². The minimum atomic E-state index is -0.642. The van der Waals surface area contributed by atoms with E-state index in [1.807, 2.05) is 0 Å². The monoisotopic (exact) mass is 284 g/mol. The topological polar surface area (TPSA) is 49.7 Å². The average Bonchev–Trinajstić information content (AvgIpc) is 2.71. The maximum Gasteiger partial charge on any atom is 0.319 e. The Kier molecular flexibility index (Phi) is 3.08. The van der Waals surface area contributed by atoms with Crippen molar-refractivity contribution in [1.29, 1.82) is 0 Å². The lowest BCUT2D eigenvalue weighted by Crippen LogP contribution is -2.24. The van der Waals surface area contributed by atoms with Gasteiger partial charge in [0.15, 0.2) is 0 Å². The van der Waals surface area contributed by atoms with Crippen molar-refractivity contribution in [3.05, 3.63) is 64.7 Å². The van der Waals surface area contributed by atoms with Gasteiger partial charge in [-0.15, -0.1) is 0 Å². The van der Waals surface area contributed by atoms with Crippen molar-refractivity contribution in [2.45, 2.75) is 0 Å². The molecule has 2 aromatic rings. The molecule has 1 heterocycles. The van der Waals surface area contributed by atoms with E-state index in [1.165, 1.54) is 6.21 Å². The zero-order chi connectivity index (χ0) is 14.1. The molecular formula is C15H9ClN2O2. The van der Waals surface area contributed by atoms with Gasteiger partial charge in [0.2, 0.25) is 0 Å². The van der Waals surface area contributed by atoms with E-state index < -0.39 is 11.7 Å². The molecule has 2 aromatic carbocycles. The summed E-state index contributed by atoms with van der Waals surface area (Å²) in [5, 5.41) is 5.83. The molecule has 0 atom stereocenters. The third kappa shape index (κ3) is 2.10. The number of hydrazone groups is 1. The zero-order valence-corrected chi connectivity index (χ0v) is 11.0. The number of halogens is 1. The highest BCUT2D eigenvalue weighted by molar-refractivity contribution is 6.52. The van der Waals surface area contributed by atoms with Crippen LogP contribution in [0.1, 0.15) is 15.9 Å². The van der Waals surface area contributed by atoms with Crippen LogP contribution in [0.3, 0.4) is 0 Å². The van der Waals surface area contributed by atoms with Crippen molar-refractivity contribution in [3.8, 4) is 0 Å². The van der Waals surface area contributed by atoms with Crippen LogP contribution in [-0.2, 0) is 4.79 Å². The Morgan fingerprint density at radius 3 is 2.45 bits per heavy atom. The maximum absolute atomic E-state index is 11.9. The van der Waals surface area contributed by atoms with Gasteiger partial charge in [0.1, 0.15) is 0 Å². The number of fused-ring (bicyclic) bond motifs is 1. The van der Waals surface area contributed by atoms with Gasteiger partial charge in [-0.2, -0.15) is 10.1 Å². The van der Waals surface area contributed by atoms with E-state index in [1.54, 1.807) is 48.5 Å². The molecule has 1 amide bonds. The van der Waals surface area contributed by atoms with Crippen LogP contribution in [0, 0.1) is 0 Å². The second-order valence-corrected chi connectivity index (χ2v) is 4.70. The molecule has 0 saturated carbocycles. The van der Waals surface area contributed by atoms with Gasteiger partial charge >= 0.3 is 5.91 Å². The third-order valence-electron chi connectivity index (χ3n) is 2.96. The van der Waals surface area contributed by atoms with Crippen molar-refractivity contribution in [2.75, 3.05) is 5.01 Å². The highest BCUT2D eigenvalue weighted by atomic mass is 35.5. The molecule has 4 nitrogen and oxygen atoms in total. The molecule has 98 valence electrons. The Labute approximate surface area is 120 Å². The summed E-state index contributed by atoms with van der Waals surface area (Å²) < 4.78 is 0. The molecule has 0 fully saturated rings. The molecular weight excluding hydrogens is 276 g/mol. The smallest absolute Gasteiger partial charge is 0.283 e. The molecule has 0 aliphatic carbocycles. The summed E-state index contributed by atoms with van der Waals surface area (Å²) in [5.74, 6) is -1.18. The van der Waals surface area contributed by atoms with Gasteiger partial charge in [0, 0.05) is 5.02 Å². The Bertz CT molecular complexity index is 723. The molecule has 0 unspecified atom stereocenters. The van der Waals surface area contributed by atoms with Gasteiger partial charge < -0.3 is 0 Å². The average molecular weight is 285 g/mol. The Morgan fingerprint density at radius 1 is 1.00 bits per heavy atom. The minimum absolute atomic E-state index is 0.380. The van der Waals surface area contributed by atoms with Crippen LogP contribution >= 0.6 is 11.6 Å². The lowest BCUT2D eigenvalue weighted by atomic mass is 10.1. The van der Waals surface area contributed by atoms with E-state index in [9.17, 15) is 9.59 Å². The highest BCUT2D eigenvalue weighted by Gasteiger charge is 2.35. The summed E-state index contributed by atoms with van der Waals surface area (Å²) in [6.45, 7) is 0. The summed E-state index contributed by atoms with van der Waals surface area (Å²) in [4.78, 5) is 23.7. The second kappa shape index (κ2) is 4.90. The molecule has 5 heteroatoms. The van der Waals surface area contributed by atoms with Crippen molar-refractivity contribution in [3.63, 3.8) is 0 Å². The summed E-state index contributed by atoms with van der Waals surface area (Å²) in [5.41, 5.74) is 1.68. The van der Waals surface area contributed by atoms with Crippen LogP contribution in [0.25, 0.3) is 0 Å². The molecule has 0 bridgehead atoms. The number of amides is 1. The fourth-order valence-corrected chi connectivity index (χ4v) is 2.09. The first kappa shape index (κ1) is 12.6. The van der Waals surface area contributed by atoms with Gasteiger partial charge in [0.25, 0.3) is 5.78 Å². The zero-order valence-electron chi connectivity index (χ0n) is 10.3. The van der Waals surface area contributed by atoms with E-state index in [-0.39, 0.29) is 0 Å². The van der Waals surface area contributed by atoms with E-state index in [2.05, 4.69) is 5.10 Å². The summed E-state index contributed by atoms with van der Waals surface area (Å²) >= 11 is 5.79. The predicted molar refractivity (Wildman–Crippen MR) is 77.3 cm³/mol. The molecule has 0 spiro atoms. The Balaban J connectivity index is 1.93. The van der Waals surface area contributed by atoms with Gasteiger partial charge in [-0.3, -0.25) is 9.59 Å². The molecule has 20 heavy (non-hydrogen) atoms. The first-order valence-corrected chi connectivity index (χ1v) is 6.32. The van der Waals surface area contributed by atoms with Crippen LogP contribution in [0.2, 0.25) is 5.02 Å². The number of carbonyl (C=O) groups excluding carboxylic acids is 2. The van der Waals surface area contributed by atoms with Crippen LogP contribution in [-0.4, -0.2) is 17.9 Å². The van der Waals surface area contributed by atoms with Crippen LogP contribution in [0.15, 0.2) is 53.6 Å². The fourth-order valence-electron chi connectivity index (χ4n) is 1.96.